The molecule has 0 aliphatic carbocycles. The molecule has 1 saturated heterocycles. The highest BCUT2D eigenvalue weighted by Gasteiger charge is 1.97. The van der Waals surface area contributed by atoms with Crippen LogP contribution in [0.1, 0.15) is 89.9 Å². The molecular formula is C22H44S4. The van der Waals surface area contributed by atoms with Gasteiger partial charge in [-0.2, -0.15) is 47.0 Å². The molecule has 0 spiro atoms. The van der Waals surface area contributed by atoms with Gasteiger partial charge in [0.2, 0.25) is 0 Å². The van der Waals surface area contributed by atoms with E-state index in [1.807, 2.05) is 0 Å². The lowest BCUT2D eigenvalue weighted by Crippen LogP contribution is -1.91. The fraction of sp³-hybridized carbons (Fsp3) is 1.00. The van der Waals surface area contributed by atoms with Crippen LogP contribution >= 0.6 is 47.0 Å². The lowest BCUT2D eigenvalue weighted by atomic mass is 10.1. The Bertz CT molecular complexity index is 138. The summed E-state index contributed by atoms with van der Waals surface area (Å²) in [6, 6.07) is 0. The first kappa shape index (κ1) is 25.4. The summed E-state index contributed by atoms with van der Waals surface area (Å²) in [5.74, 6) is 11.1. The molecule has 4 heteroatoms. The Labute approximate surface area is 182 Å². The predicted octanol–water partition coefficient (Wildman–Crippen LogP) is 8.39. The second kappa shape index (κ2) is 22.7. The van der Waals surface area contributed by atoms with Gasteiger partial charge >= 0.3 is 0 Å². The first-order valence-electron chi connectivity index (χ1n) is 11.3. The van der Waals surface area contributed by atoms with Crippen LogP contribution in [-0.4, -0.2) is 46.0 Å². The summed E-state index contributed by atoms with van der Waals surface area (Å²) in [7, 11) is 0. The van der Waals surface area contributed by atoms with Crippen LogP contribution in [0.15, 0.2) is 0 Å². The van der Waals surface area contributed by atoms with Crippen LogP contribution in [0.4, 0.5) is 0 Å². The van der Waals surface area contributed by atoms with Crippen molar-refractivity contribution in [1.82, 2.24) is 0 Å². The van der Waals surface area contributed by atoms with E-state index in [9.17, 15) is 0 Å². The summed E-state index contributed by atoms with van der Waals surface area (Å²) in [4.78, 5) is 0. The summed E-state index contributed by atoms with van der Waals surface area (Å²) in [6.45, 7) is 0. The maximum Gasteiger partial charge on any atom is 0.00235 e. The van der Waals surface area contributed by atoms with E-state index in [2.05, 4.69) is 47.0 Å². The molecule has 0 radical (unpaired) electrons. The van der Waals surface area contributed by atoms with Crippen LogP contribution in [0.2, 0.25) is 0 Å². The van der Waals surface area contributed by atoms with Crippen molar-refractivity contribution in [1.29, 1.82) is 0 Å². The normalized spacial score (nSPS) is 24.0. The van der Waals surface area contributed by atoms with E-state index in [0.717, 1.165) is 0 Å². The Morgan fingerprint density at radius 3 is 0.615 bits per heavy atom. The van der Waals surface area contributed by atoms with Crippen LogP contribution in [0, 0.1) is 0 Å². The zero-order valence-electron chi connectivity index (χ0n) is 17.2. The highest BCUT2D eigenvalue weighted by molar-refractivity contribution is 8.03. The Hall–Kier alpha value is 1.40. The third-order valence-corrected chi connectivity index (χ3v) is 9.70. The molecule has 0 atom stereocenters. The minimum absolute atomic E-state index is 1.38. The van der Waals surface area contributed by atoms with Crippen molar-refractivity contribution in [3.63, 3.8) is 0 Å². The second-order valence-corrected chi connectivity index (χ2v) is 12.3. The van der Waals surface area contributed by atoms with E-state index in [4.69, 9.17) is 0 Å². The molecule has 1 fully saturated rings. The van der Waals surface area contributed by atoms with Crippen LogP contribution in [0.3, 0.4) is 0 Å². The molecule has 1 rings (SSSR count). The second-order valence-electron chi connectivity index (χ2n) is 7.40. The average Bonchev–Trinajstić information content (AvgIpc) is 2.65. The molecule has 1 aliphatic heterocycles. The highest BCUT2D eigenvalue weighted by atomic mass is 32.2. The van der Waals surface area contributed by atoms with Crippen molar-refractivity contribution in [3.8, 4) is 0 Å². The third-order valence-electron chi connectivity index (χ3n) is 4.90. The van der Waals surface area contributed by atoms with E-state index >= 15 is 0 Å². The number of hydrogen-bond acceptors (Lipinski definition) is 4. The number of thioether (sulfide) groups is 4. The molecule has 0 N–H and O–H groups in total. The third kappa shape index (κ3) is 20.1. The lowest BCUT2D eigenvalue weighted by molar-refractivity contribution is 0.605. The zero-order valence-corrected chi connectivity index (χ0v) is 20.5. The van der Waals surface area contributed by atoms with Gasteiger partial charge in [-0.05, 0) is 48.7 Å². The summed E-state index contributed by atoms with van der Waals surface area (Å²) in [6.07, 6.45) is 20.5. The SMILES string of the molecule is C1CCCCSCCSCCCCCCCCCSCCSCCCC1. The minimum Gasteiger partial charge on any atom is -0.161 e. The number of rotatable bonds is 0. The Balaban J connectivity index is 2.00. The smallest absolute Gasteiger partial charge is 0.00235 e. The van der Waals surface area contributed by atoms with Crippen LogP contribution < -0.4 is 0 Å². The van der Waals surface area contributed by atoms with Crippen molar-refractivity contribution in [2.75, 3.05) is 46.0 Å². The highest BCUT2D eigenvalue weighted by Crippen LogP contribution is 2.16. The molecule has 0 saturated carbocycles. The molecule has 1 heterocycles. The summed E-state index contributed by atoms with van der Waals surface area (Å²) >= 11 is 8.76. The largest absolute Gasteiger partial charge is 0.161 e. The molecule has 0 amide bonds. The van der Waals surface area contributed by atoms with Gasteiger partial charge in [0.05, 0.1) is 0 Å². The van der Waals surface area contributed by atoms with Crippen LogP contribution in [-0.2, 0) is 0 Å². The van der Waals surface area contributed by atoms with Crippen LogP contribution in [0.25, 0.3) is 0 Å². The molecule has 1 aliphatic rings. The standard InChI is InChI=1S/C22H44S4/c1-3-7-11-15-23-19-21-25-17-13-9-5-2-6-10-14-18-26-22-20-24-16-12-8-4-1/h1-22H2. The van der Waals surface area contributed by atoms with Gasteiger partial charge in [0, 0.05) is 23.0 Å². The molecule has 0 bridgehead atoms. The molecule has 0 aromatic heterocycles. The van der Waals surface area contributed by atoms with Crippen molar-refractivity contribution < 1.29 is 0 Å². The van der Waals surface area contributed by atoms with Crippen molar-refractivity contribution in [2.45, 2.75) is 89.9 Å². The van der Waals surface area contributed by atoms with E-state index in [1.165, 1.54) is 136 Å². The fourth-order valence-electron chi connectivity index (χ4n) is 3.23. The topological polar surface area (TPSA) is 0 Å². The van der Waals surface area contributed by atoms with Crippen LogP contribution in [0.5, 0.6) is 0 Å². The predicted molar refractivity (Wildman–Crippen MR) is 134 cm³/mol. The minimum atomic E-state index is 1.38. The van der Waals surface area contributed by atoms with Gasteiger partial charge in [0.25, 0.3) is 0 Å². The molecule has 156 valence electrons. The van der Waals surface area contributed by atoms with Gasteiger partial charge in [-0.15, -0.1) is 0 Å². The fourth-order valence-corrected chi connectivity index (χ4v) is 7.56. The van der Waals surface area contributed by atoms with Gasteiger partial charge < -0.3 is 0 Å². The molecule has 0 aromatic carbocycles. The molecule has 0 unspecified atom stereocenters. The van der Waals surface area contributed by atoms with E-state index in [0.29, 0.717) is 0 Å². The maximum absolute atomic E-state index is 2.19. The van der Waals surface area contributed by atoms with Gasteiger partial charge in [-0.1, -0.05) is 64.2 Å². The monoisotopic (exact) mass is 436 g/mol. The van der Waals surface area contributed by atoms with Gasteiger partial charge in [0.15, 0.2) is 0 Å². The first-order chi connectivity index (χ1) is 13.0. The zero-order chi connectivity index (χ0) is 18.4. The molecule has 0 nitrogen and oxygen atoms in total. The Kier molecular flexibility index (Phi) is 22.2. The van der Waals surface area contributed by atoms with E-state index in [-0.39, 0.29) is 0 Å². The number of hydrogen-bond donors (Lipinski definition) is 0. The molecular weight excluding hydrogens is 393 g/mol. The molecule has 0 aromatic rings. The van der Waals surface area contributed by atoms with Crippen molar-refractivity contribution in [3.05, 3.63) is 0 Å². The Morgan fingerprint density at radius 2 is 0.385 bits per heavy atom. The van der Waals surface area contributed by atoms with E-state index in [1.54, 1.807) is 0 Å². The maximum atomic E-state index is 2.19. The summed E-state index contributed by atoms with van der Waals surface area (Å²) in [5.41, 5.74) is 0. The van der Waals surface area contributed by atoms with E-state index < -0.39 is 0 Å². The van der Waals surface area contributed by atoms with Gasteiger partial charge in [0.1, 0.15) is 0 Å². The van der Waals surface area contributed by atoms with Crippen molar-refractivity contribution in [2.24, 2.45) is 0 Å². The summed E-state index contributed by atoms with van der Waals surface area (Å²) in [5, 5.41) is 0. The van der Waals surface area contributed by atoms with Gasteiger partial charge in [-0.3, -0.25) is 0 Å². The average molecular weight is 437 g/mol. The quantitative estimate of drug-likeness (QED) is 0.373. The lowest BCUT2D eigenvalue weighted by Gasteiger charge is -2.05. The first-order valence-corrected chi connectivity index (χ1v) is 15.9. The Morgan fingerprint density at radius 1 is 0.192 bits per heavy atom. The van der Waals surface area contributed by atoms with Crippen molar-refractivity contribution >= 4 is 47.0 Å². The molecule has 26 heavy (non-hydrogen) atoms. The summed E-state index contributed by atoms with van der Waals surface area (Å²) < 4.78 is 0. The van der Waals surface area contributed by atoms with Gasteiger partial charge in [-0.25, -0.2) is 0 Å².